The predicted molar refractivity (Wildman–Crippen MR) is 114 cm³/mol. The molecule has 3 atom stereocenters. The van der Waals surface area contributed by atoms with Gasteiger partial charge in [-0.2, -0.15) is 13.2 Å². The number of carbonyl (C=O) groups is 1. The minimum Gasteiger partial charge on any atom is -0.353 e. The van der Waals surface area contributed by atoms with Crippen LogP contribution in [0.4, 0.5) is 28.9 Å². The molecule has 0 spiro atoms. The summed E-state index contributed by atoms with van der Waals surface area (Å²) in [6.45, 7) is 5.26. The van der Waals surface area contributed by atoms with E-state index in [0.29, 0.717) is 23.2 Å². The number of halogens is 5. The number of alkyl halides is 3. The van der Waals surface area contributed by atoms with Crippen LogP contribution in [0, 0.1) is 30.5 Å². The third-order valence-electron chi connectivity index (χ3n) is 5.29. The number of rotatable bonds is 4. The van der Waals surface area contributed by atoms with E-state index in [2.05, 4.69) is 17.2 Å². The maximum absolute atomic E-state index is 13.6. The van der Waals surface area contributed by atoms with E-state index in [1.807, 2.05) is 6.92 Å². The first-order chi connectivity index (χ1) is 14.5. The molecule has 2 aromatic carbocycles. The lowest BCUT2D eigenvalue weighted by molar-refractivity contribution is -0.137. The number of hydrogen-bond acceptors (Lipinski definition) is 2. The number of carbonyl (C=O) groups excluding carboxylic acids is 1. The standard InChI is InChI=1S/C23H21ClF4N2O/c1-4-20-17(22(31)29-16-8-5-13(2)19(24)12-16)9-6-14(3)30(20)21-10-7-15(25)11-18(21)23(26,27)28/h5,7-8,10-12,14,17,20H,4H2,1-3H3,(H,29,31). The zero-order chi connectivity index (χ0) is 22.9. The Hall–Kier alpha value is -2.72. The van der Waals surface area contributed by atoms with Crippen LogP contribution in [0.1, 0.15) is 31.4 Å². The van der Waals surface area contributed by atoms with Crippen molar-refractivity contribution < 1.29 is 22.4 Å². The van der Waals surface area contributed by atoms with Crippen molar-refractivity contribution in [2.24, 2.45) is 5.92 Å². The lowest BCUT2D eigenvalue weighted by atomic mass is 9.89. The molecule has 3 nitrogen and oxygen atoms in total. The second-order valence-corrected chi connectivity index (χ2v) is 7.84. The van der Waals surface area contributed by atoms with E-state index >= 15 is 0 Å². The molecule has 0 radical (unpaired) electrons. The lowest BCUT2D eigenvalue weighted by Gasteiger charge is -2.41. The second-order valence-electron chi connectivity index (χ2n) is 7.44. The Balaban J connectivity index is 1.97. The van der Waals surface area contributed by atoms with Gasteiger partial charge in [-0.15, -0.1) is 0 Å². The molecule has 1 aliphatic heterocycles. The first kappa shape index (κ1) is 23.0. The molecule has 0 aromatic heterocycles. The third kappa shape index (κ3) is 4.80. The molecule has 1 amide bonds. The minimum absolute atomic E-state index is 0.196. The largest absolute Gasteiger partial charge is 0.418 e. The van der Waals surface area contributed by atoms with Crippen LogP contribution in [0.2, 0.25) is 5.02 Å². The molecule has 2 aromatic rings. The van der Waals surface area contributed by atoms with Gasteiger partial charge in [0.2, 0.25) is 5.91 Å². The first-order valence-corrected chi connectivity index (χ1v) is 10.1. The third-order valence-corrected chi connectivity index (χ3v) is 5.70. The van der Waals surface area contributed by atoms with E-state index in [9.17, 15) is 22.4 Å². The van der Waals surface area contributed by atoms with Crippen LogP contribution in [0.3, 0.4) is 0 Å². The Labute approximate surface area is 183 Å². The van der Waals surface area contributed by atoms with Gasteiger partial charge in [-0.1, -0.05) is 36.4 Å². The quantitative estimate of drug-likeness (QED) is 0.452. The molecule has 0 saturated carbocycles. The van der Waals surface area contributed by atoms with Gasteiger partial charge in [0, 0.05) is 10.7 Å². The number of nitrogens with zero attached hydrogens (tertiary/aromatic N) is 1. The molecule has 31 heavy (non-hydrogen) atoms. The van der Waals surface area contributed by atoms with Crippen molar-refractivity contribution in [1.29, 1.82) is 0 Å². The maximum Gasteiger partial charge on any atom is 0.418 e. The molecule has 164 valence electrons. The SMILES string of the molecule is CCC1C(C(=O)Nc2ccc(C)c(Cl)c2)C#CC(C)N1c1ccc(F)cc1C(F)(F)F. The van der Waals surface area contributed by atoms with E-state index in [0.717, 1.165) is 17.7 Å². The molecule has 1 heterocycles. The van der Waals surface area contributed by atoms with Crippen molar-refractivity contribution >= 4 is 28.9 Å². The fraction of sp³-hybridized carbons (Fsp3) is 0.348. The lowest BCUT2D eigenvalue weighted by Crippen LogP contribution is -2.51. The predicted octanol–water partition coefficient (Wildman–Crippen LogP) is 6.05. The monoisotopic (exact) mass is 452 g/mol. The molecular formula is C23H21ClF4N2O. The van der Waals surface area contributed by atoms with Gasteiger partial charge < -0.3 is 10.2 Å². The number of anilines is 2. The van der Waals surface area contributed by atoms with Crippen molar-refractivity contribution in [3.63, 3.8) is 0 Å². The van der Waals surface area contributed by atoms with Gasteiger partial charge in [0.15, 0.2) is 0 Å². The van der Waals surface area contributed by atoms with Gasteiger partial charge in [-0.3, -0.25) is 4.79 Å². The molecule has 8 heteroatoms. The Kier molecular flexibility index (Phi) is 6.51. The van der Waals surface area contributed by atoms with Crippen LogP contribution >= 0.6 is 11.6 Å². The van der Waals surface area contributed by atoms with Crippen LogP contribution < -0.4 is 10.2 Å². The smallest absolute Gasteiger partial charge is 0.353 e. The van der Waals surface area contributed by atoms with E-state index in [1.54, 1.807) is 32.0 Å². The molecular weight excluding hydrogens is 432 g/mol. The Morgan fingerprint density at radius 1 is 1.19 bits per heavy atom. The summed E-state index contributed by atoms with van der Waals surface area (Å²) in [5.74, 6) is 3.45. The van der Waals surface area contributed by atoms with Crippen molar-refractivity contribution in [2.45, 2.75) is 45.5 Å². The number of aryl methyl sites for hydroxylation is 1. The van der Waals surface area contributed by atoms with Crippen LogP contribution in [0.5, 0.6) is 0 Å². The average Bonchev–Trinajstić information content (AvgIpc) is 2.70. The number of benzene rings is 2. The Bertz CT molecular complexity index is 1060. The highest BCUT2D eigenvalue weighted by Crippen LogP contribution is 2.40. The summed E-state index contributed by atoms with van der Waals surface area (Å²) in [4.78, 5) is 14.5. The maximum atomic E-state index is 13.6. The van der Waals surface area contributed by atoms with E-state index in [4.69, 9.17) is 11.6 Å². The molecule has 0 bridgehead atoms. The van der Waals surface area contributed by atoms with Gasteiger partial charge in [0.25, 0.3) is 0 Å². The van der Waals surface area contributed by atoms with Gasteiger partial charge in [-0.05, 0) is 56.2 Å². The topological polar surface area (TPSA) is 32.3 Å². The number of hydrogen-bond donors (Lipinski definition) is 1. The van der Waals surface area contributed by atoms with Gasteiger partial charge in [0.05, 0.1) is 23.3 Å². The fourth-order valence-electron chi connectivity index (χ4n) is 3.73. The summed E-state index contributed by atoms with van der Waals surface area (Å²) in [7, 11) is 0. The second kappa shape index (κ2) is 8.80. The summed E-state index contributed by atoms with van der Waals surface area (Å²) in [6.07, 6.45) is -4.39. The summed E-state index contributed by atoms with van der Waals surface area (Å²) in [5, 5.41) is 3.23. The molecule has 1 N–H and O–H groups in total. The van der Waals surface area contributed by atoms with Gasteiger partial charge in [-0.25, -0.2) is 4.39 Å². The van der Waals surface area contributed by atoms with Crippen LogP contribution in [0.25, 0.3) is 0 Å². The summed E-state index contributed by atoms with van der Waals surface area (Å²) in [6, 6.07) is 6.38. The van der Waals surface area contributed by atoms with Crippen molar-refractivity contribution in [3.05, 3.63) is 58.4 Å². The van der Waals surface area contributed by atoms with Crippen LogP contribution in [-0.4, -0.2) is 18.0 Å². The normalized spacial score (nSPS) is 20.8. The molecule has 3 rings (SSSR count). The van der Waals surface area contributed by atoms with Crippen LogP contribution in [-0.2, 0) is 11.0 Å². The zero-order valence-electron chi connectivity index (χ0n) is 17.1. The highest BCUT2D eigenvalue weighted by atomic mass is 35.5. The Morgan fingerprint density at radius 3 is 2.52 bits per heavy atom. The summed E-state index contributed by atoms with van der Waals surface area (Å²) in [5.41, 5.74) is 0.0316. The highest BCUT2D eigenvalue weighted by Gasteiger charge is 2.41. The minimum atomic E-state index is -4.75. The van der Waals surface area contributed by atoms with Crippen LogP contribution in [0.15, 0.2) is 36.4 Å². The van der Waals surface area contributed by atoms with Gasteiger partial charge >= 0.3 is 6.18 Å². The van der Waals surface area contributed by atoms with Crippen molar-refractivity contribution in [1.82, 2.24) is 0 Å². The Morgan fingerprint density at radius 2 is 1.90 bits per heavy atom. The first-order valence-electron chi connectivity index (χ1n) is 9.76. The van der Waals surface area contributed by atoms with E-state index in [1.165, 1.54) is 4.90 Å². The highest BCUT2D eigenvalue weighted by molar-refractivity contribution is 6.31. The zero-order valence-corrected chi connectivity index (χ0v) is 17.9. The number of nitrogens with one attached hydrogen (secondary N) is 1. The average molecular weight is 453 g/mol. The molecule has 3 unspecified atom stereocenters. The number of amides is 1. The molecule has 0 fully saturated rings. The molecule has 1 aliphatic rings. The van der Waals surface area contributed by atoms with E-state index < -0.39 is 41.5 Å². The summed E-state index contributed by atoms with van der Waals surface area (Å²) < 4.78 is 54.5. The van der Waals surface area contributed by atoms with Crippen molar-refractivity contribution in [2.75, 3.05) is 10.2 Å². The van der Waals surface area contributed by atoms with Crippen molar-refractivity contribution in [3.8, 4) is 11.8 Å². The fourth-order valence-corrected chi connectivity index (χ4v) is 3.92. The van der Waals surface area contributed by atoms with E-state index in [-0.39, 0.29) is 5.69 Å². The molecule has 0 saturated heterocycles. The summed E-state index contributed by atoms with van der Waals surface area (Å²) >= 11 is 6.11. The van der Waals surface area contributed by atoms with Gasteiger partial charge in [0.1, 0.15) is 11.7 Å². The molecule has 0 aliphatic carbocycles.